The molecule has 2 aromatic rings. The van der Waals surface area contributed by atoms with E-state index >= 15 is 0 Å². The minimum Gasteiger partial charge on any atom is -0.477 e. The Balaban J connectivity index is 2.80. The highest BCUT2D eigenvalue weighted by Gasteiger charge is 2.18. The van der Waals surface area contributed by atoms with Crippen LogP contribution in [0.5, 0.6) is 0 Å². The van der Waals surface area contributed by atoms with Crippen LogP contribution in [0.3, 0.4) is 0 Å². The largest absolute Gasteiger partial charge is 0.477 e. The Morgan fingerprint density at radius 2 is 2.00 bits per heavy atom. The first kappa shape index (κ1) is 9.98. The van der Waals surface area contributed by atoms with Crippen LogP contribution in [-0.2, 0) is 0 Å². The zero-order chi connectivity index (χ0) is 11.0. The van der Waals surface area contributed by atoms with Crippen LogP contribution in [0.1, 0.15) is 9.67 Å². The van der Waals surface area contributed by atoms with Gasteiger partial charge in [0, 0.05) is 24.2 Å². The van der Waals surface area contributed by atoms with Crippen molar-refractivity contribution in [2.24, 2.45) is 0 Å². The standard InChI is InChI=1S/C11H11NO2S/c1-12(2)9-7-5-3-4-6-8(7)15-10(9)11(13)14/h3-6H,1-2H3,(H,13,14). The molecular weight excluding hydrogens is 210 g/mol. The van der Waals surface area contributed by atoms with Crippen molar-refractivity contribution in [3.63, 3.8) is 0 Å². The highest BCUT2D eigenvalue weighted by molar-refractivity contribution is 7.21. The maximum absolute atomic E-state index is 11.1. The van der Waals surface area contributed by atoms with E-state index in [0.717, 1.165) is 15.8 Å². The van der Waals surface area contributed by atoms with Crippen LogP contribution < -0.4 is 4.90 Å². The van der Waals surface area contributed by atoms with E-state index in [9.17, 15) is 4.79 Å². The van der Waals surface area contributed by atoms with E-state index in [1.807, 2.05) is 43.3 Å². The first-order valence-electron chi connectivity index (χ1n) is 4.53. The van der Waals surface area contributed by atoms with Gasteiger partial charge >= 0.3 is 5.97 Å². The summed E-state index contributed by atoms with van der Waals surface area (Å²) in [5, 5.41) is 10.1. The Bertz CT molecular complexity index is 516. The van der Waals surface area contributed by atoms with Gasteiger partial charge in [0.05, 0.1) is 5.69 Å². The topological polar surface area (TPSA) is 40.5 Å². The van der Waals surface area contributed by atoms with Gasteiger partial charge in [-0.05, 0) is 6.07 Å². The van der Waals surface area contributed by atoms with Gasteiger partial charge in [0.15, 0.2) is 0 Å². The fourth-order valence-electron chi connectivity index (χ4n) is 1.62. The lowest BCUT2D eigenvalue weighted by Crippen LogP contribution is -2.11. The molecule has 1 heterocycles. The van der Waals surface area contributed by atoms with Gasteiger partial charge in [0.1, 0.15) is 4.88 Å². The molecule has 0 saturated heterocycles. The molecule has 0 saturated carbocycles. The molecule has 0 aliphatic heterocycles. The Labute approximate surface area is 91.6 Å². The number of hydrogen-bond donors (Lipinski definition) is 1. The molecule has 1 N–H and O–H groups in total. The molecule has 0 bridgehead atoms. The van der Waals surface area contributed by atoms with Crippen molar-refractivity contribution in [3.05, 3.63) is 29.1 Å². The van der Waals surface area contributed by atoms with E-state index in [1.165, 1.54) is 11.3 Å². The maximum Gasteiger partial charge on any atom is 0.348 e. The number of aromatic carboxylic acids is 1. The van der Waals surface area contributed by atoms with Crippen LogP contribution in [-0.4, -0.2) is 25.2 Å². The molecule has 0 unspecified atom stereocenters. The van der Waals surface area contributed by atoms with Crippen LogP contribution in [0.2, 0.25) is 0 Å². The highest BCUT2D eigenvalue weighted by atomic mass is 32.1. The second-order valence-corrected chi connectivity index (χ2v) is 4.53. The van der Waals surface area contributed by atoms with Gasteiger partial charge in [-0.15, -0.1) is 11.3 Å². The van der Waals surface area contributed by atoms with Gasteiger partial charge in [0.25, 0.3) is 0 Å². The van der Waals surface area contributed by atoms with Gasteiger partial charge in [0.2, 0.25) is 0 Å². The van der Waals surface area contributed by atoms with Gasteiger partial charge in [-0.2, -0.15) is 0 Å². The summed E-state index contributed by atoms with van der Waals surface area (Å²) in [6.07, 6.45) is 0. The number of hydrogen-bond acceptors (Lipinski definition) is 3. The van der Waals surface area contributed by atoms with Crippen molar-refractivity contribution >= 4 is 33.1 Å². The number of anilines is 1. The van der Waals surface area contributed by atoms with Crippen molar-refractivity contribution in [1.82, 2.24) is 0 Å². The van der Waals surface area contributed by atoms with Crippen molar-refractivity contribution in [2.75, 3.05) is 19.0 Å². The van der Waals surface area contributed by atoms with E-state index in [0.29, 0.717) is 4.88 Å². The molecule has 0 aliphatic carbocycles. The lowest BCUT2D eigenvalue weighted by atomic mass is 10.2. The lowest BCUT2D eigenvalue weighted by molar-refractivity contribution is 0.0703. The third kappa shape index (κ3) is 1.57. The highest BCUT2D eigenvalue weighted by Crippen LogP contribution is 2.37. The average Bonchev–Trinajstić information content (AvgIpc) is 2.56. The van der Waals surface area contributed by atoms with Gasteiger partial charge in [-0.25, -0.2) is 4.79 Å². The molecule has 1 aromatic heterocycles. The molecule has 15 heavy (non-hydrogen) atoms. The van der Waals surface area contributed by atoms with Gasteiger partial charge in [-0.3, -0.25) is 0 Å². The van der Waals surface area contributed by atoms with Gasteiger partial charge in [-0.1, -0.05) is 18.2 Å². The quantitative estimate of drug-likeness (QED) is 0.847. The molecule has 1 aromatic carbocycles. The fourth-order valence-corrected chi connectivity index (χ4v) is 2.74. The Kier molecular flexibility index (Phi) is 2.36. The molecular formula is C11H11NO2S. The number of nitrogens with zero attached hydrogens (tertiary/aromatic N) is 1. The number of rotatable bonds is 2. The first-order valence-corrected chi connectivity index (χ1v) is 5.35. The summed E-state index contributed by atoms with van der Waals surface area (Å²) in [6.45, 7) is 0. The molecule has 4 heteroatoms. The molecule has 0 radical (unpaired) electrons. The summed E-state index contributed by atoms with van der Waals surface area (Å²) in [7, 11) is 3.72. The first-order chi connectivity index (χ1) is 7.11. The smallest absolute Gasteiger partial charge is 0.348 e. The number of carboxylic acid groups (broad SMARTS) is 1. The summed E-state index contributed by atoms with van der Waals surface area (Å²) in [5.74, 6) is -0.861. The number of carboxylic acids is 1. The number of benzene rings is 1. The summed E-state index contributed by atoms with van der Waals surface area (Å²) in [4.78, 5) is 13.3. The van der Waals surface area contributed by atoms with E-state index in [4.69, 9.17) is 5.11 Å². The van der Waals surface area contributed by atoms with E-state index < -0.39 is 5.97 Å². The minimum atomic E-state index is -0.861. The van der Waals surface area contributed by atoms with Crippen LogP contribution >= 0.6 is 11.3 Å². The SMILES string of the molecule is CN(C)c1c(C(=O)O)sc2ccccc12. The average molecular weight is 221 g/mol. The fraction of sp³-hybridized carbons (Fsp3) is 0.182. The molecule has 2 rings (SSSR count). The zero-order valence-corrected chi connectivity index (χ0v) is 9.34. The van der Waals surface area contributed by atoms with Crippen LogP contribution in [0.25, 0.3) is 10.1 Å². The summed E-state index contributed by atoms with van der Waals surface area (Å²) >= 11 is 1.32. The number of carbonyl (C=O) groups is 1. The minimum absolute atomic E-state index is 0.404. The van der Waals surface area contributed by atoms with E-state index in [2.05, 4.69) is 0 Å². The second-order valence-electron chi connectivity index (χ2n) is 3.48. The predicted molar refractivity (Wildman–Crippen MR) is 63.1 cm³/mol. The zero-order valence-electron chi connectivity index (χ0n) is 8.52. The van der Waals surface area contributed by atoms with E-state index in [1.54, 1.807) is 0 Å². The Morgan fingerprint density at radius 1 is 1.33 bits per heavy atom. The number of thiophene rings is 1. The monoisotopic (exact) mass is 221 g/mol. The third-order valence-corrected chi connectivity index (χ3v) is 3.36. The molecule has 0 atom stereocenters. The molecule has 3 nitrogen and oxygen atoms in total. The van der Waals surface area contributed by atoms with Gasteiger partial charge < -0.3 is 10.0 Å². The van der Waals surface area contributed by atoms with Crippen LogP contribution in [0.4, 0.5) is 5.69 Å². The van der Waals surface area contributed by atoms with Crippen molar-refractivity contribution < 1.29 is 9.90 Å². The summed E-state index contributed by atoms with van der Waals surface area (Å²) in [6, 6.07) is 7.74. The normalized spacial score (nSPS) is 10.5. The molecule has 0 fully saturated rings. The predicted octanol–water partition coefficient (Wildman–Crippen LogP) is 2.67. The number of fused-ring (bicyclic) bond motifs is 1. The Hall–Kier alpha value is -1.55. The Morgan fingerprint density at radius 3 is 2.60 bits per heavy atom. The second kappa shape index (κ2) is 3.55. The third-order valence-electron chi connectivity index (χ3n) is 2.21. The maximum atomic E-state index is 11.1. The lowest BCUT2D eigenvalue weighted by Gasteiger charge is -2.12. The molecule has 0 spiro atoms. The van der Waals surface area contributed by atoms with Crippen LogP contribution in [0, 0.1) is 0 Å². The van der Waals surface area contributed by atoms with Crippen molar-refractivity contribution in [1.29, 1.82) is 0 Å². The summed E-state index contributed by atoms with van der Waals surface area (Å²) < 4.78 is 1.01. The molecule has 0 amide bonds. The van der Waals surface area contributed by atoms with E-state index in [-0.39, 0.29) is 0 Å². The van der Waals surface area contributed by atoms with Crippen molar-refractivity contribution in [3.8, 4) is 0 Å². The van der Waals surface area contributed by atoms with Crippen LogP contribution in [0.15, 0.2) is 24.3 Å². The summed E-state index contributed by atoms with van der Waals surface area (Å²) in [5.41, 5.74) is 0.795. The molecule has 0 aliphatic rings. The molecule has 78 valence electrons. The van der Waals surface area contributed by atoms with Crippen molar-refractivity contribution in [2.45, 2.75) is 0 Å².